The van der Waals surface area contributed by atoms with Crippen LogP contribution in [0.1, 0.15) is 29.7 Å². The van der Waals surface area contributed by atoms with Gasteiger partial charge in [-0.15, -0.1) is 11.8 Å². The number of thioether (sulfide) groups is 1. The van der Waals surface area contributed by atoms with Gasteiger partial charge in [0, 0.05) is 5.69 Å². The molecule has 0 saturated carbocycles. The number of carbonyl (C=O) groups is 2. The van der Waals surface area contributed by atoms with Gasteiger partial charge in [-0.3, -0.25) is 9.59 Å². The lowest BCUT2D eigenvalue weighted by atomic mass is 10.1. The maximum atomic E-state index is 12.9. The van der Waals surface area contributed by atoms with E-state index in [1.54, 1.807) is 19.1 Å². The van der Waals surface area contributed by atoms with Crippen molar-refractivity contribution in [2.45, 2.75) is 26.9 Å². The van der Waals surface area contributed by atoms with Crippen LogP contribution in [0.5, 0.6) is 0 Å². The highest BCUT2D eigenvalue weighted by Crippen LogP contribution is 2.19. The molecule has 0 aliphatic heterocycles. The van der Waals surface area contributed by atoms with Crippen molar-refractivity contribution < 1.29 is 18.7 Å². The number of esters is 1. The van der Waals surface area contributed by atoms with Gasteiger partial charge < -0.3 is 10.1 Å². The van der Waals surface area contributed by atoms with E-state index < -0.39 is 12.1 Å². The number of carbonyl (C=O) groups excluding carboxylic acids is 2. The van der Waals surface area contributed by atoms with Crippen molar-refractivity contribution in [2.75, 3.05) is 16.8 Å². The van der Waals surface area contributed by atoms with Crippen molar-refractivity contribution in [3.8, 4) is 0 Å². The number of aryl methyl sites for hydroxylation is 2. The Bertz CT molecular complexity index is 777. The number of benzene rings is 2. The number of amides is 1. The molecule has 2 aromatic rings. The zero-order chi connectivity index (χ0) is 19.1. The number of nitrogens with one attached hydrogen (secondary N) is 1. The largest absolute Gasteiger partial charge is 0.457 e. The van der Waals surface area contributed by atoms with E-state index in [9.17, 15) is 14.0 Å². The second kappa shape index (κ2) is 9.38. The van der Waals surface area contributed by atoms with E-state index in [0.717, 1.165) is 22.4 Å². The Balaban J connectivity index is 1.73. The molecule has 0 aliphatic carbocycles. The first-order valence-corrected chi connectivity index (χ1v) is 9.40. The first-order valence-electron chi connectivity index (χ1n) is 8.25. The van der Waals surface area contributed by atoms with Crippen molar-refractivity contribution in [1.29, 1.82) is 0 Å². The minimum atomic E-state index is -0.465. The monoisotopic (exact) mass is 375 g/mol. The van der Waals surface area contributed by atoms with Crippen molar-refractivity contribution in [3.63, 3.8) is 0 Å². The number of anilines is 1. The van der Waals surface area contributed by atoms with Gasteiger partial charge in [-0.05, 0) is 50.1 Å². The molecule has 138 valence electrons. The smallest absolute Gasteiger partial charge is 0.316 e. The van der Waals surface area contributed by atoms with Crippen LogP contribution >= 0.6 is 11.8 Å². The van der Waals surface area contributed by atoms with Crippen LogP contribution in [0.25, 0.3) is 0 Å². The molecule has 0 bridgehead atoms. The van der Waals surface area contributed by atoms with Gasteiger partial charge in [-0.25, -0.2) is 4.39 Å². The molecule has 26 heavy (non-hydrogen) atoms. The molecule has 0 radical (unpaired) electrons. The molecule has 0 unspecified atom stereocenters. The van der Waals surface area contributed by atoms with Gasteiger partial charge in [0.2, 0.25) is 5.91 Å². The minimum absolute atomic E-state index is 0.0752. The summed E-state index contributed by atoms with van der Waals surface area (Å²) in [6.45, 7) is 5.65. The molecule has 2 aromatic carbocycles. The van der Waals surface area contributed by atoms with Crippen molar-refractivity contribution in [1.82, 2.24) is 0 Å². The molecule has 1 atom stereocenters. The van der Waals surface area contributed by atoms with E-state index in [2.05, 4.69) is 5.32 Å². The number of halogens is 1. The average Bonchev–Trinajstić information content (AvgIpc) is 2.58. The molecule has 0 fully saturated rings. The molecule has 0 spiro atoms. The Morgan fingerprint density at radius 2 is 1.81 bits per heavy atom. The first-order chi connectivity index (χ1) is 12.3. The molecule has 0 aromatic heterocycles. The summed E-state index contributed by atoms with van der Waals surface area (Å²) in [4.78, 5) is 23.9. The van der Waals surface area contributed by atoms with E-state index in [1.165, 1.54) is 23.9 Å². The highest BCUT2D eigenvalue weighted by atomic mass is 32.2. The van der Waals surface area contributed by atoms with Gasteiger partial charge in [0.15, 0.2) is 0 Å². The lowest BCUT2D eigenvalue weighted by Crippen LogP contribution is -2.17. The third-order valence-electron chi connectivity index (χ3n) is 3.76. The molecule has 0 heterocycles. The summed E-state index contributed by atoms with van der Waals surface area (Å²) in [5.74, 6) is -0.677. The summed E-state index contributed by atoms with van der Waals surface area (Å²) in [5, 5.41) is 2.84. The summed E-state index contributed by atoms with van der Waals surface area (Å²) in [6.07, 6.45) is -0.465. The summed E-state index contributed by atoms with van der Waals surface area (Å²) in [6, 6.07) is 11.6. The molecule has 0 saturated heterocycles. The predicted molar refractivity (Wildman–Crippen MR) is 103 cm³/mol. The molecule has 1 N–H and O–H groups in total. The fraction of sp³-hybridized carbons (Fsp3) is 0.300. The van der Waals surface area contributed by atoms with Crippen LogP contribution in [0.2, 0.25) is 0 Å². The number of hydrogen-bond donors (Lipinski definition) is 1. The zero-order valence-corrected chi connectivity index (χ0v) is 15.9. The zero-order valence-electron chi connectivity index (χ0n) is 15.0. The average molecular weight is 375 g/mol. The minimum Gasteiger partial charge on any atom is -0.457 e. The Morgan fingerprint density at radius 1 is 1.12 bits per heavy atom. The van der Waals surface area contributed by atoms with Crippen molar-refractivity contribution in [2.24, 2.45) is 0 Å². The van der Waals surface area contributed by atoms with Crippen molar-refractivity contribution >= 4 is 29.3 Å². The molecule has 6 heteroatoms. The molecule has 2 rings (SSSR count). The SMILES string of the molecule is Cc1ccc(NC(=O)CSCC(=O)O[C@H](C)c2ccc(F)cc2)c(C)c1. The van der Waals surface area contributed by atoms with Gasteiger partial charge in [-0.1, -0.05) is 29.8 Å². The lowest BCUT2D eigenvalue weighted by Gasteiger charge is -2.13. The summed E-state index contributed by atoms with van der Waals surface area (Å²) >= 11 is 1.19. The Labute approximate surface area is 157 Å². The van der Waals surface area contributed by atoms with E-state index >= 15 is 0 Å². The number of ether oxygens (including phenoxy) is 1. The molecule has 4 nitrogen and oxygen atoms in total. The Morgan fingerprint density at radius 3 is 2.46 bits per heavy atom. The fourth-order valence-corrected chi connectivity index (χ4v) is 2.99. The highest BCUT2D eigenvalue weighted by Gasteiger charge is 2.13. The van der Waals surface area contributed by atoms with Gasteiger partial charge in [-0.2, -0.15) is 0 Å². The van der Waals surface area contributed by atoms with Gasteiger partial charge in [0.1, 0.15) is 11.9 Å². The molecular formula is C20H22FNO3S. The maximum absolute atomic E-state index is 12.9. The quantitative estimate of drug-likeness (QED) is 0.728. The Kier molecular flexibility index (Phi) is 7.21. The maximum Gasteiger partial charge on any atom is 0.316 e. The van der Waals surface area contributed by atoms with E-state index in [1.807, 2.05) is 32.0 Å². The summed E-state index contributed by atoms with van der Waals surface area (Å²) in [7, 11) is 0. The molecular weight excluding hydrogens is 353 g/mol. The fourth-order valence-electron chi connectivity index (χ4n) is 2.40. The van der Waals surface area contributed by atoms with Gasteiger partial charge >= 0.3 is 5.97 Å². The Hall–Kier alpha value is -2.34. The number of hydrogen-bond acceptors (Lipinski definition) is 4. The van der Waals surface area contributed by atoms with E-state index in [0.29, 0.717) is 0 Å². The lowest BCUT2D eigenvalue weighted by molar-refractivity contribution is -0.145. The topological polar surface area (TPSA) is 55.4 Å². The van der Waals surface area contributed by atoms with Crippen LogP contribution in [0.4, 0.5) is 10.1 Å². The molecule has 0 aliphatic rings. The molecule has 1 amide bonds. The number of rotatable bonds is 7. The van der Waals surface area contributed by atoms with Crippen LogP contribution in [-0.4, -0.2) is 23.4 Å². The van der Waals surface area contributed by atoms with Crippen LogP contribution in [0, 0.1) is 19.7 Å². The summed E-state index contributed by atoms with van der Waals surface area (Å²) in [5.41, 5.74) is 3.62. The van der Waals surface area contributed by atoms with Gasteiger partial charge in [0.05, 0.1) is 11.5 Å². The predicted octanol–water partition coefficient (Wildman–Crippen LogP) is 4.42. The van der Waals surface area contributed by atoms with E-state index in [4.69, 9.17) is 4.74 Å². The van der Waals surface area contributed by atoms with Crippen LogP contribution in [-0.2, 0) is 14.3 Å². The van der Waals surface area contributed by atoms with Crippen molar-refractivity contribution in [3.05, 3.63) is 65.0 Å². The standard InChI is InChI=1S/C20H22FNO3S/c1-13-4-9-18(14(2)10-13)22-19(23)11-26-12-20(24)25-15(3)16-5-7-17(21)8-6-16/h4-10,15H,11-12H2,1-3H3,(H,22,23)/t15-/m1/s1. The second-order valence-electron chi connectivity index (χ2n) is 6.04. The second-order valence-corrected chi connectivity index (χ2v) is 7.03. The summed E-state index contributed by atoms with van der Waals surface area (Å²) < 4.78 is 18.2. The first kappa shape index (κ1) is 20.0. The van der Waals surface area contributed by atoms with E-state index in [-0.39, 0.29) is 23.2 Å². The third kappa shape index (κ3) is 6.19. The van der Waals surface area contributed by atoms with Crippen LogP contribution < -0.4 is 5.32 Å². The third-order valence-corrected chi connectivity index (χ3v) is 4.66. The van der Waals surface area contributed by atoms with Crippen LogP contribution in [0.15, 0.2) is 42.5 Å². The van der Waals surface area contributed by atoms with Gasteiger partial charge in [0.25, 0.3) is 0 Å². The van der Waals surface area contributed by atoms with Crippen LogP contribution in [0.3, 0.4) is 0 Å². The normalized spacial score (nSPS) is 11.7. The highest BCUT2D eigenvalue weighted by molar-refractivity contribution is 8.00.